The van der Waals surface area contributed by atoms with Gasteiger partial charge in [0, 0.05) is 31.2 Å². The summed E-state index contributed by atoms with van der Waals surface area (Å²) in [7, 11) is 2.22. The van der Waals surface area contributed by atoms with E-state index in [9.17, 15) is 0 Å². The van der Waals surface area contributed by atoms with Crippen LogP contribution in [-0.4, -0.2) is 55.7 Å². The van der Waals surface area contributed by atoms with Gasteiger partial charge in [0.15, 0.2) is 0 Å². The monoisotopic (exact) mass is 291 g/mol. The summed E-state index contributed by atoms with van der Waals surface area (Å²) in [5.41, 5.74) is 6.83. The third-order valence-corrected chi connectivity index (χ3v) is 4.32. The van der Waals surface area contributed by atoms with Crippen molar-refractivity contribution in [3.8, 4) is 5.75 Å². The molecule has 0 spiro atoms. The zero-order valence-corrected chi connectivity index (χ0v) is 13.4. The van der Waals surface area contributed by atoms with Gasteiger partial charge in [0.25, 0.3) is 0 Å². The first-order valence-electron chi connectivity index (χ1n) is 8.08. The second kappa shape index (κ2) is 8.37. The van der Waals surface area contributed by atoms with Crippen molar-refractivity contribution in [3.05, 3.63) is 29.8 Å². The van der Waals surface area contributed by atoms with Crippen LogP contribution in [0.1, 0.15) is 25.3 Å². The van der Waals surface area contributed by atoms with E-state index in [0.717, 1.165) is 31.0 Å². The molecule has 21 heavy (non-hydrogen) atoms. The molecule has 0 radical (unpaired) electrons. The van der Waals surface area contributed by atoms with E-state index in [1.165, 1.54) is 25.9 Å². The first kappa shape index (κ1) is 16.3. The summed E-state index contributed by atoms with van der Waals surface area (Å²) in [4.78, 5) is 5.02. The molecule has 4 nitrogen and oxygen atoms in total. The molecule has 118 valence electrons. The Morgan fingerprint density at radius 2 is 2.10 bits per heavy atom. The number of nitrogens with two attached hydrogens (primary N) is 1. The van der Waals surface area contributed by atoms with Gasteiger partial charge in [-0.3, -0.25) is 4.90 Å². The highest BCUT2D eigenvalue weighted by atomic mass is 16.5. The van der Waals surface area contributed by atoms with Crippen molar-refractivity contribution in [2.45, 2.75) is 32.4 Å². The summed E-state index contributed by atoms with van der Waals surface area (Å²) in [6.07, 6.45) is 2.44. The fourth-order valence-corrected chi connectivity index (χ4v) is 3.06. The molecule has 1 saturated heterocycles. The number of nitrogens with zero attached hydrogens (tertiary/aromatic N) is 2. The second-order valence-corrected chi connectivity index (χ2v) is 5.87. The lowest BCUT2D eigenvalue weighted by atomic mass is 10.2. The maximum Gasteiger partial charge on any atom is 0.123 e. The number of para-hydroxylation sites is 1. The molecular formula is C17H29N3O. The zero-order valence-electron chi connectivity index (χ0n) is 13.4. The van der Waals surface area contributed by atoms with Crippen LogP contribution in [0, 0.1) is 0 Å². The molecule has 4 heteroatoms. The molecule has 1 aromatic carbocycles. The molecule has 1 heterocycles. The lowest BCUT2D eigenvalue weighted by Crippen LogP contribution is -2.41. The summed E-state index contributed by atoms with van der Waals surface area (Å²) in [5, 5.41) is 0. The van der Waals surface area contributed by atoms with Crippen LogP contribution in [0.25, 0.3) is 0 Å². The smallest absolute Gasteiger partial charge is 0.123 e. The Hall–Kier alpha value is -1.10. The minimum absolute atomic E-state index is 0.530. The van der Waals surface area contributed by atoms with E-state index in [4.69, 9.17) is 10.5 Å². The van der Waals surface area contributed by atoms with Gasteiger partial charge in [-0.25, -0.2) is 0 Å². The van der Waals surface area contributed by atoms with Crippen LogP contribution in [-0.2, 0) is 6.54 Å². The highest BCUT2D eigenvalue weighted by Gasteiger charge is 2.21. The van der Waals surface area contributed by atoms with Gasteiger partial charge in [0.1, 0.15) is 12.4 Å². The molecule has 0 saturated carbocycles. The molecule has 0 aliphatic carbocycles. The van der Waals surface area contributed by atoms with Crippen LogP contribution in [0.2, 0.25) is 0 Å². The zero-order chi connectivity index (χ0) is 15.1. The van der Waals surface area contributed by atoms with Crippen molar-refractivity contribution in [1.82, 2.24) is 9.80 Å². The SMILES string of the molecule is CCC1CN(C)CCCN1CCOc1ccccc1CN. The van der Waals surface area contributed by atoms with Crippen molar-refractivity contribution in [2.75, 3.05) is 39.8 Å². The summed E-state index contributed by atoms with van der Waals surface area (Å²) >= 11 is 0. The largest absolute Gasteiger partial charge is 0.492 e. The number of likely N-dealkylation sites (N-methyl/N-ethyl adjacent to an activating group) is 1. The van der Waals surface area contributed by atoms with Crippen LogP contribution in [0.3, 0.4) is 0 Å². The third kappa shape index (κ3) is 4.70. The molecule has 0 aromatic heterocycles. The molecule has 1 aliphatic rings. The Morgan fingerprint density at radius 1 is 1.29 bits per heavy atom. The predicted octanol–water partition coefficient (Wildman–Crippen LogP) is 1.94. The van der Waals surface area contributed by atoms with Crippen LogP contribution in [0.4, 0.5) is 0 Å². The van der Waals surface area contributed by atoms with Crippen LogP contribution < -0.4 is 10.5 Å². The van der Waals surface area contributed by atoms with Gasteiger partial charge in [-0.15, -0.1) is 0 Å². The Bertz CT molecular complexity index is 424. The Balaban J connectivity index is 1.86. The average Bonchev–Trinajstić information content (AvgIpc) is 2.69. The number of ether oxygens (including phenoxy) is 1. The van der Waals surface area contributed by atoms with Crippen molar-refractivity contribution in [2.24, 2.45) is 5.73 Å². The molecule has 1 aromatic rings. The van der Waals surface area contributed by atoms with E-state index < -0.39 is 0 Å². The third-order valence-electron chi connectivity index (χ3n) is 4.32. The molecule has 1 atom stereocenters. The molecule has 2 rings (SSSR count). The number of benzene rings is 1. The minimum Gasteiger partial charge on any atom is -0.492 e. The van der Waals surface area contributed by atoms with Gasteiger partial charge in [0.05, 0.1) is 0 Å². The quantitative estimate of drug-likeness (QED) is 0.870. The number of rotatable bonds is 6. The lowest BCUT2D eigenvalue weighted by molar-refractivity contribution is 0.152. The molecule has 1 fully saturated rings. The van der Waals surface area contributed by atoms with Gasteiger partial charge in [-0.1, -0.05) is 25.1 Å². The second-order valence-electron chi connectivity index (χ2n) is 5.87. The van der Waals surface area contributed by atoms with E-state index in [0.29, 0.717) is 12.6 Å². The van der Waals surface area contributed by atoms with Crippen molar-refractivity contribution < 1.29 is 4.74 Å². The average molecular weight is 291 g/mol. The Kier molecular flexibility index (Phi) is 6.49. The van der Waals surface area contributed by atoms with E-state index in [1.54, 1.807) is 0 Å². The highest BCUT2D eigenvalue weighted by molar-refractivity contribution is 5.32. The topological polar surface area (TPSA) is 41.7 Å². The first-order chi connectivity index (χ1) is 10.2. The van der Waals surface area contributed by atoms with E-state index in [2.05, 4.69) is 23.8 Å². The maximum atomic E-state index is 5.96. The fourth-order valence-electron chi connectivity index (χ4n) is 3.06. The highest BCUT2D eigenvalue weighted by Crippen LogP contribution is 2.17. The van der Waals surface area contributed by atoms with E-state index >= 15 is 0 Å². The summed E-state index contributed by atoms with van der Waals surface area (Å²) in [6, 6.07) is 8.70. The standard InChI is InChI=1S/C17H29N3O/c1-3-16-14-19(2)9-6-10-20(16)11-12-21-17-8-5-4-7-15(17)13-18/h4-5,7-8,16H,3,6,9-14,18H2,1-2H3. The van der Waals surface area contributed by atoms with Gasteiger partial charge < -0.3 is 15.4 Å². The summed E-state index contributed by atoms with van der Waals surface area (Å²) in [5.74, 6) is 0.931. The van der Waals surface area contributed by atoms with E-state index in [-0.39, 0.29) is 0 Å². The van der Waals surface area contributed by atoms with Crippen LogP contribution >= 0.6 is 0 Å². The molecule has 1 aliphatic heterocycles. The molecule has 1 unspecified atom stereocenters. The first-order valence-corrected chi connectivity index (χ1v) is 8.08. The minimum atomic E-state index is 0.530. The van der Waals surface area contributed by atoms with Crippen LogP contribution in [0.15, 0.2) is 24.3 Å². The molecule has 2 N–H and O–H groups in total. The van der Waals surface area contributed by atoms with Gasteiger partial charge >= 0.3 is 0 Å². The maximum absolute atomic E-state index is 5.96. The van der Waals surface area contributed by atoms with Gasteiger partial charge in [-0.2, -0.15) is 0 Å². The molecular weight excluding hydrogens is 262 g/mol. The molecule has 0 amide bonds. The normalized spacial score (nSPS) is 21.2. The van der Waals surface area contributed by atoms with E-state index in [1.807, 2.05) is 24.3 Å². The number of hydrogen-bond donors (Lipinski definition) is 1. The molecule has 0 bridgehead atoms. The van der Waals surface area contributed by atoms with Crippen molar-refractivity contribution in [1.29, 1.82) is 0 Å². The van der Waals surface area contributed by atoms with Crippen LogP contribution in [0.5, 0.6) is 5.75 Å². The van der Waals surface area contributed by atoms with Gasteiger partial charge in [0.2, 0.25) is 0 Å². The van der Waals surface area contributed by atoms with Crippen molar-refractivity contribution >= 4 is 0 Å². The summed E-state index contributed by atoms with van der Waals surface area (Å²) in [6.45, 7) is 8.07. The van der Waals surface area contributed by atoms with Crippen molar-refractivity contribution in [3.63, 3.8) is 0 Å². The summed E-state index contributed by atoms with van der Waals surface area (Å²) < 4.78 is 5.96. The van der Waals surface area contributed by atoms with Gasteiger partial charge in [-0.05, 0) is 39.0 Å². The Morgan fingerprint density at radius 3 is 2.86 bits per heavy atom. The number of hydrogen-bond acceptors (Lipinski definition) is 4. The predicted molar refractivity (Wildman–Crippen MR) is 87.6 cm³/mol. The lowest BCUT2D eigenvalue weighted by Gasteiger charge is -2.30. The fraction of sp³-hybridized carbons (Fsp3) is 0.647. The Labute approximate surface area is 128 Å².